The summed E-state index contributed by atoms with van der Waals surface area (Å²) in [6, 6.07) is 8.54. The van der Waals surface area contributed by atoms with Crippen molar-refractivity contribution in [3.63, 3.8) is 0 Å². The van der Waals surface area contributed by atoms with Gasteiger partial charge in [0, 0.05) is 30.4 Å². The predicted molar refractivity (Wildman–Crippen MR) is 116 cm³/mol. The third-order valence-corrected chi connectivity index (χ3v) is 5.82. The fraction of sp³-hybridized carbons (Fsp3) is 0.227. The van der Waals surface area contributed by atoms with Crippen molar-refractivity contribution in [2.24, 2.45) is 0 Å². The van der Waals surface area contributed by atoms with E-state index in [1.807, 2.05) is 10.6 Å². The molecule has 1 aliphatic heterocycles. The van der Waals surface area contributed by atoms with Gasteiger partial charge in [0.25, 0.3) is 0 Å². The van der Waals surface area contributed by atoms with Gasteiger partial charge in [0.05, 0.1) is 42.6 Å². The second kappa shape index (κ2) is 7.79. The van der Waals surface area contributed by atoms with E-state index in [1.54, 1.807) is 30.7 Å². The number of hydrogen-bond donors (Lipinski definition) is 0. The first-order valence-electron chi connectivity index (χ1n) is 9.73. The topological polar surface area (TPSA) is 69.5 Å². The van der Waals surface area contributed by atoms with Gasteiger partial charge in [0.1, 0.15) is 22.7 Å². The molecule has 4 aromatic rings. The van der Waals surface area contributed by atoms with Gasteiger partial charge in [-0.3, -0.25) is 9.55 Å². The van der Waals surface area contributed by atoms with Crippen LogP contribution in [-0.4, -0.2) is 53.9 Å². The van der Waals surface area contributed by atoms with Crippen molar-refractivity contribution < 1.29 is 18.7 Å². The molecule has 0 saturated carbocycles. The van der Waals surface area contributed by atoms with Gasteiger partial charge in [-0.25, -0.2) is 14.2 Å². The maximum atomic E-state index is 14.0. The summed E-state index contributed by atoms with van der Waals surface area (Å²) in [5.41, 5.74) is 3.57. The maximum absolute atomic E-state index is 14.0. The molecule has 9 heteroatoms. The number of esters is 1. The molecule has 0 amide bonds. The van der Waals surface area contributed by atoms with E-state index in [4.69, 9.17) is 21.1 Å². The number of fused-ring (bicyclic) bond motifs is 2. The van der Waals surface area contributed by atoms with Crippen molar-refractivity contribution in [2.45, 2.75) is 0 Å². The number of pyridine rings is 1. The number of imidazole rings is 1. The highest BCUT2D eigenvalue weighted by Crippen LogP contribution is 2.33. The van der Waals surface area contributed by atoms with Gasteiger partial charge in [0.2, 0.25) is 0 Å². The molecule has 0 bridgehead atoms. The molecule has 1 fully saturated rings. The second-order valence-corrected chi connectivity index (χ2v) is 7.53. The van der Waals surface area contributed by atoms with Crippen LogP contribution in [0.15, 0.2) is 42.9 Å². The van der Waals surface area contributed by atoms with E-state index in [1.165, 1.54) is 13.2 Å². The fourth-order valence-corrected chi connectivity index (χ4v) is 4.13. The average Bonchev–Trinajstić information content (AvgIpc) is 3.24. The largest absolute Gasteiger partial charge is 0.465 e. The molecule has 0 N–H and O–H groups in total. The number of carbonyl (C=O) groups excluding carboxylic acids is 1. The van der Waals surface area contributed by atoms with E-state index >= 15 is 0 Å². The molecule has 31 heavy (non-hydrogen) atoms. The van der Waals surface area contributed by atoms with Crippen molar-refractivity contribution in [2.75, 3.05) is 38.3 Å². The van der Waals surface area contributed by atoms with Crippen molar-refractivity contribution >= 4 is 45.2 Å². The SMILES string of the molecule is COC(=O)c1cc(N2CCOCC2)cc2c1ncn2-c1ccnc2c(Cl)c(F)ccc12. The second-order valence-electron chi connectivity index (χ2n) is 7.15. The Bertz CT molecular complexity index is 1320. The van der Waals surface area contributed by atoms with Crippen LogP contribution in [0.5, 0.6) is 0 Å². The van der Waals surface area contributed by atoms with Gasteiger partial charge in [0.15, 0.2) is 0 Å². The maximum Gasteiger partial charge on any atom is 0.340 e. The van der Waals surface area contributed by atoms with Crippen molar-refractivity contribution in [1.29, 1.82) is 0 Å². The Morgan fingerprint density at radius 2 is 1.97 bits per heavy atom. The molecule has 0 aliphatic carbocycles. The van der Waals surface area contributed by atoms with Crippen LogP contribution in [0.2, 0.25) is 5.02 Å². The summed E-state index contributed by atoms with van der Waals surface area (Å²) >= 11 is 6.15. The smallest absolute Gasteiger partial charge is 0.340 e. The van der Waals surface area contributed by atoms with Crippen LogP contribution in [0, 0.1) is 5.82 Å². The van der Waals surface area contributed by atoms with Gasteiger partial charge < -0.3 is 14.4 Å². The van der Waals surface area contributed by atoms with E-state index < -0.39 is 11.8 Å². The molecule has 0 spiro atoms. The lowest BCUT2D eigenvalue weighted by Crippen LogP contribution is -2.36. The Labute approximate surface area is 182 Å². The number of nitrogens with zero attached hydrogens (tertiary/aromatic N) is 4. The summed E-state index contributed by atoms with van der Waals surface area (Å²) in [4.78, 5) is 23.4. The number of anilines is 1. The number of rotatable bonds is 3. The van der Waals surface area contributed by atoms with Gasteiger partial charge >= 0.3 is 5.97 Å². The molecular formula is C22H18ClFN4O3. The van der Waals surface area contributed by atoms with Crippen LogP contribution < -0.4 is 4.90 Å². The van der Waals surface area contributed by atoms with Crippen molar-refractivity contribution in [3.05, 3.63) is 59.3 Å². The number of aromatic nitrogens is 3. The Kier molecular flexibility index (Phi) is 4.95. The number of carbonyl (C=O) groups is 1. The molecule has 5 rings (SSSR count). The normalized spacial score (nSPS) is 14.4. The summed E-state index contributed by atoms with van der Waals surface area (Å²) in [5.74, 6) is -0.994. The molecule has 0 radical (unpaired) electrons. The van der Waals surface area contributed by atoms with Crippen LogP contribution in [0.4, 0.5) is 10.1 Å². The number of halogens is 2. The van der Waals surface area contributed by atoms with Gasteiger partial charge in [-0.2, -0.15) is 0 Å². The van der Waals surface area contributed by atoms with E-state index in [-0.39, 0.29) is 5.02 Å². The predicted octanol–water partition coefficient (Wildman–Crippen LogP) is 3.99. The Balaban J connectivity index is 1.76. The Morgan fingerprint density at radius 1 is 1.16 bits per heavy atom. The number of methoxy groups -OCH3 is 1. The van der Waals surface area contributed by atoms with Gasteiger partial charge in [-0.05, 0) is 30.3 Å². The zero-order valence-corrected chi connectivity index (χ0v) is 17.4. The molecular weight excluding hydrogens is 423 g/mol. The number of ether oxygens (including phenoxy) is 2. The minimum absolute atomic E-state index is 0.0342. The van der Waals surface area contributed by atoms with Crippen molar-refractivity contribution in [3.8, 4) is 5.69 Å². The zero-order valence-electron chi connectivity index (χ0n) is 16.6. The third kappa shape index (κ3) is 3.28. The summed E-state index contributed by atoms with van der Waals surface area (Å²) in [6.45, 7) is 2.66. The zero-order chi connectivity index (χ0) is 21.5. The molecule has 0 atom stereocenters. The first kappa shape index (κ1) is 19.7. The minimum atomic E-state index is -0.531. The van der Waals surface area contributed by atoms with E-state index in [0.717, 1.165) is 16.9 Å². The van der Waals surface area contributed by atoms with Gasteiger partial charge in [-0.1, -0.05) is 11.6 Å². The summed E-state index contributed by atoms with van der Waals surface area (Å²) in [5, 5.41) is 0.637. The molecule has 3 heterocycles. The Hall–Kier alpha value is -3.23. The summed E-state index contributed by atoms with van der Waals surface area (Å²) in [7, 11) is 1.35. The standard InChI is InChI=1S/C22H18ClFN4O3/c1-30-22(29)15-10-13(27-6-8-31-9-7-27)11-18-20(15)26-12-28(18)17-4-5-25-21-14(17)2-3-16(24)19(21)23/h2-5,10-12H,6-9H2,1H3. The molecule has 2 aromatic heterocycles. The van der Waals surface area contributed by atoms with Crippen LogP contribution >= 0.6 is 11.6 Å². The highest BCUT2D eigenvalue weighted by atomic mass is 35.5. The summed E-state index contributed by atoms with van der Waals surface area (Å²) < 4.78 is 26.3. The van der Waals surface area contributed by atoms with Crippen LogP contribution in [0.25, 0.3) is 27.6 Å². The molecule has 1 saturated heterocycles. The summed E-state index contributed by atoms with van der Waals surface area (Å²) in [6.07, 6.45) is 3.20. The lowest BCUT2D eigenvalue weighted by molar-refractivity contribution is 0.0603. The molecule has 7 nitrogen and oxygen atoms in total. The van der Waals surface area contributed by atoms with Crippen LogP contribution in [0.1, 0.15) is 10.4 Å². The lowest BCUT2D eigenvalue weighted by Gasteiger charge is -2.29. The highest BCUT2D eigenvalue weighted by Gasteiger charge is 2.21. The number of morpholine rings is 1. The van der Waals surface area contributed by atoms with E-state index in [9.17, 15) is 9.18 Å². The quantitative estimate of drug-likeness (QED) is 0.449. The first-order chi connectivity index (χ1) is 15.1. The minimum Gasteiger partial charge on any atom is -0.465 e. The average molecular weight is 441 g/mol. The lowest BCUT2D eigenvalue weighted by atomic mass is 10.1. The molecule has 1 aliphatic rings. The number of hydrogen-bond acceptors (Lipinski definition) is 6. The molecule has 158 valence electrons. The number of benzene rings is 2. The van der Waals surface area contributed by atoms with Crippen LogP contribution in [0.3, 0.4) is 0 Å². The van der Waals surface area contributed by atoms with Crippen molar-refractivity contribution in [1.82, 2.24) is 14.5 Å². The van der Waals surface area contributed by atoms with E-state index in [2.05, 4.69) is 14.9 Å². The monoisotopic (exact) mass is 440 g/mol. The fourth-order valence-electron chi connectivity index (χ4n) is 3.92. The highest BCUT2D eigenvalue weighted by molar-refractivity contribution is 6.35. The molecule has 0 unspecified atom stereocenters. The first-order valence-corrected chi connectivity index (χ1v) is 10.1. The Morgan fingerprint density at radius 3 is 2.74 bits per heavy atom. The third-order valence-electron chi connectivity index (χ3n) is 5.46. The van der Waals surface area contributed by atoms with Gasteiger partial charge in [-0.15, -0.1) is 0 Å². The van der Waals surface area contributed by atoms with Crippen LogP contribution in [-0.2, 0) is 9.47 Å². The van der Waals surface area contributed by atoms with E-state index in [0.29, 0.717) is 48.3 Å². The molecule has 2 aromatic carbocycles.